The number of hydrogen-bond donors (Lipinski definition) is 2. The Morgan fingerprint density at radius 3 is 2.71 bits per heavy atom. The zero-order valence-corrected chi connectivity index (χ0v) is 10.4. The Kier molecular flexibility index (Phi) is 4.75. The lowest BCUT2D eigenvalue weighted by atomic mass is 10.0. The van der Waals surface area contributed by atoms with Crippen LogP contribution in [-0.2, 0) is 4.79 Å². The van der Waals surface area contributed by atoms with Crippen LogP contribution in [0, 0.1) is 5.92 Å². The summed E-state index contributed by atoms with van der Waals surface area (Å²) in [6, 6.07) is 1.28. The van der Waals surface area contributed by atoms with Gasteiger partial charge < -0.3 is 15.5 Å². The van der Waals surface area contributed by atoms with Gasteiger partial charge in [-0.2, -0.15) is 0 Å². The minimum atomic E-state index is -0.416. The van der Waals surface area contributed by atoms with E-state index in [0.717, 1.165) is 6.29 Å². The molecular formula is C12H19N3O2. The lowest BCUT2D eigenvalue weighted by molar-refractivity contribution is -0.109. The predicted octanol–water partition coefficient (Wildman–Crippen LogP) is 1.00. The fourth-order valence-electron chi connectivity index (χ4n) is 1.58. The molecule has 0 aliphatic carbocycles. The Labute approximate surface area is 101 Å². The van der Waals surface area contributed by atoms with Gasteiger partial charge in [-0.25, -0.2) is 0 Å². The van der Waals surface area contributed by atoms with Crippen LogP contribution in [0.5, 0.6) is 0 Å². The zero-order valence-electron chi connectivity index (χ0n) is 10.4. The van der Waals surface area contributed by atoms with E-state index in [1.165, 1.54) is 0 Å². The first-order valence-corrected chi connectivity index (χ1v) is 5.68. The molecule has 5 heteroatoms. The molecule has 1 aromatic heterocycles. The second kappa shape index (κ2) is 6.08. The lowest BCUT2D eigenvalue weighted by Gasteiger charge is -2.14. The quantitative estimate of drug-likeness (QED) is 0.726. The van der Waals surface area contributed by atoms with Crippen molar-refractivity contribution in [3.8, 4) is 0 Å². The average molecular weight is 237 g/mol. The number of nitrogens with zero attached hydrogens (tertiary/aromatic N) is 1. The van der Waals surface area contributed by atoms with Crippen molar-refractivity contribution >= 4 is 12.2 Å². The standard InChI is InChI=1S/C12H19N3O2/c1-9(2)6-11(8-16)14-12(17)10-4-5-15(7-10)13-3/h4-5,7-9,11,13H,6H2,1-3H3,(H,14,17). The van der Waals surface area contributed by atoms with Gasteiger partial charge in [-0.3, -0.25) is 9.47 Å². The van der Waals surface area contributed by atoms with Crippen molar-refractivity contribution in [1.82, 2.24) is 9.99 Å². The number of amides is 1. The molecule has 0 saturated carbocycles. The highest BCUT2D eigenvalue weighted by Gasteiger charge is 2.14. The Hall–Kier alpha value is -1.78. The van der Waals surface area contributed by atoms with Gasteiger partial charge in [0.05, 0.1) is 11.6 Å². The lowest BCUT2D eigenvalue weighted by Crippen LogP contribution is -2.36. The van der Waals surface area contributed by atoms with E-state index in [1.54, 1.807) is 30.2 Å². The molecule has 17 heavy (non-hydrogen) atoms. The van der Waals surface area contributed by atoms with Crippen molar-refractivity contribution in [2.24, 2.45) is 5.92 Å². The first kappa shape index (κ1) is 13.3. The molecule has 1 heterocycles. The molecule has 1 rings (SSSR count). The van der Waals surface area contributed by atoms with Crippen molar-refractivity contribution in [2.75, 3.05) is 12.5 Å². The highest BCUT2D eigenvalue weighted by atomic mass is 16.2. The largest absolute Gasteiger partial charge is 0.342 e. The molecule has 1 unspecified atom stereocenters. The first-order chi connectivity index (χ1) is 8.06. The van der Waals surface area contributed by atoms with Crippen LogP contribution in [0.1, 0.15) is 30.6 Å². The predicted molar refractivity (Wildman–Crippen MR) is 66.5 cm³/mol. The molecule has 0 radical (unpaired) electrons. The van der Waals surface area contributed by atoms with Crippen LogP contribution in [0.25, 0.3) is 0 Å². The summed E-state index contributed by atoms with van der Waals surface area (Å²) in [5.41, 5.74) is 3.41. The van der Waals surface area contributed by atoms with E-state index in [9.17, 15) is 9.59 Å². The summed E-state index contributed by atoms with van der Waals surface area (Å²) in [6.07, 6.45) is 4.86. The van der Waals surface area contributed by atoms with Gasteiger partial charge in [-0.1, -0.05) is 13.8 Å². The summed E-state index contributed by atoms with van der Waals surface area (Å²) in [5, 5.41) is 2.70. The average Bonchev–Trinajstić information content (AvgIpc) is 2.75. The van der Waals surface area contributed by atoms with Gasteiger partial charge in [0.25, 0.3) is 5.91 Å². The maximum Gasteiger partial charge on any atom is 0.253 e. The summed E-state index contributed by atoms with van der Waals surface area (Å²) in [7, 11) is 1.76. The number of hydrogen-bond acceptors (Lipinski definition) is 3. The highest BCUT2D eigenvalue weighted by Crippen LogP contribution is 2.05. The van der Waals surface area contributed by atoms with E-state index in [1.807, 2.05) is 13.8 Å². The summed E-state index contributed by atoms with van der Waals surface area (Å²) in [6.45, 7) is 4.03. The van der Waals surface area contributed by atoms with E-state index in [2.05, 4.69) is 10.7 Å². The normalized spacial score (nSPS) is 12.2. The van der Waals surface area contributed by atoms with Crippen LogP contribution >= 0.6 is 0 Å². The highest BCUT2D eigenvalue weighted by molar-refractivity contribution is 5.95. The van der Waals surface area contributed by atoms with Gasteiger partial charge in [0.15, 0.2) is 0 Å². The number of aromatic nitrogens is 1. The van der Waals surface area contributed by atoms with Crippen LogP contribution in [0.15, 0.2) is 18.5 Å². The van der Waals surface area contributed by atoms with Crippen molar-refractivity contribution in [3.63, 3.8) is 0 Å². The monoisotopic (exact) mass is 237 g/mol. The maximum atomic E-state index is 11.8. The second-order valence-electron chi connectivity index (χ2n) is 4.38. The topological polar surface area (TPSA) is 63.1 Å². The Balaban J connectivity index is 2.60. The molecule has 2 N–H and O–H groups in total. The molecule has 0 aliphatic heterocycles. The summed E-state index contributed by atoms with van der Waals surface area (Å²) >= 11 is 0. The molecule has 94 valence electrons. The number of carbonyl (C=O) groups excluding carboxylic acids is 2. The van der Waals surface area contributed by atoms with E-state index >= 15 is 0 Å². The molecule has 0 spiro atoms. The van der Waals surface area contributed by atoms with Crippen LogP contribution in [0.2, 0.25) is 0 Å². The van der Waals surface area contributed by atoms with Gasteiger partial charge in [0, 0.05) is 19.4 Å². The summed E-state index contributed by atoms with van der Waals surface area (Å²) in [5.74, 6) is 0.143. The molecule has 0 aliphatic rings. The van der Waals surface area contributed by atoms with E-state index in [4.69, 9.17) is 0 Å². The van der Waals surface area contributed by atoms with Gasteiger partial charge in [0.2, 0.25) is 0 Å². The van der Waals surface area contributed by atoms with Crippen molar-refractivity contribution in [3.05, 3.63) is 24.0 Å². The van der Waals surface area contributed by atoms with Crippen LogP contribution in [0.4, 0.5) is 0 Å². The van der Waals surface area contributed by atoms with E-state index in [0.29, 0.717) is 17.9 Å². The second-order valence-corrected chi connectivity index (χ2v) is 4.38. The number of rotatable bonds is 6. The third-order valence-corrected chi connectivity index (χ3v) is 2.42. The third kappa shape index (κ3) is 3.94. The van der Waals surface area contributed by atoms with Crippen molar-refractivity contribution in [1.29, 1.82) is 0 Å². The minimum Gasteiger partial charge on any atom is -0.342 e. The maximum absolute atomic E-state index is 11.8. The molecule has 5 nitrogen and oxygen atoms in total. The fraction of sp³-hybridized carbons (Fsp3) is 0.500. The van der Waals surface area contributed by atoms with Gasteiger partial charge >= 0.3 is 0 Å². The molecule has 1 atom stereocenters. The summed E-state index contributed by atoms with van der Waals surface area (Å²) in [4.78, 5) is 22.7. The Morgan fingerprint density at radius 2 is 2.24 bits per heavy atom. The fourth-order valence-corrected chi connectivity index (χ4v) is 1.58. The Morgan fingerprint density at radius 1 is 1.53 bits per heavy atom. The smallest absolute Gasteiger partial charge is 0.253 e. The summed E-state index contributed by atoms with van der Waals surface area (Å²) < 4.78 is 1.67. The molecule has 1 aromatic rings. The SMILES string of the molecule is CNn1ccc(C(=O)NC(C=O)CC(C)C)c1. The van der Waals surface area contributed by atoms with Gasteiger partial charge in [0.1, 0.15) is 6.29 Å². The minimum absolute atomic E-state index is 0.225. The Bertz CT molecular complexity index is 385. The number of nitrogens with one attached hydrogen (secondary N) is 2. The van der Waals surface area contributed by atoms with Crippen molar-refractivity contribution < 1.29 is 9.59 Å². The molecule has 1 amide bonds. The van der Waals surface area contributed by atoms with Crippen LogP contribution < -0.4 is 10.7 Å². The molecule has 0 bridgehead atoms. The molecular weight excluding hydrogens is 218 g/mol. The van der Waals surface area contributed by atoms with E-state index in [-0.39, 0.29) is 5.91 Å². The number of aldehydes is 1. The molecule has 0 saturated heterocycles. The molecule has 0 aromatic carbocycles. The van der Waals surface area contributed by atoms with Crippen molar-refractivity contribution in [2.45, 2.75) is 26.3 Å². The van der Waals surface area contributed by atoms with Crippen LogP contribution in [0.3, 0.4) is 0 Å². The molecule has 0 fully saturated rings. The zero-order chi connectivity index (χ0) is 12.8. The van der Waals surface area contributed by atoms with Gasteiger partial charge in [-0.15, -0.1) is 0 Å². The number of carbonyl (C=O) groups is 2. The first-order valence-electron chi connectivity index (χ1n) is 5.68. The van der Waals surface area contributed by atoms with Gasteiger partial charge in [-0.05, 0) is 18.4 Å². The third-order valence-electron chi connectivity index (χ3n) is 2.42. The van der Waals surface area contributed by atoms with Crippen LogP contribution in [-0.4, -0.2) is 30.0 Å². The van der Waals surface area contributed by atoms with E-state index < -0.39 is 6.04 Å².